The lowest BCUT2D eigenvalue weighted by Gasteiger charge is -2.24. The van der Waals surface area contributed by atoms with Gasteiger partial charge in [0, 0.05) is 26.1 Å². The number of rotatable bonds is 0. The fourth-order valence-electron chi connectivity index (χ4n) is 2.62. The summed E-state index contributed by atoms with van der Waals surface area (Å²) in [7, 11) is 0. The summed E-state index contributed by atoms with van der Waals surface area (Å²) in [4.78, 5) is 25.0. The molecule has 0 aliphatic carbocycles. The molecular formula is C15H28N2O3. The second-order valence-electron chi connectivity index (χ2n) is 6.25. The zero-order valence-corrected chi connectivity index (χ0v) is 13.4. The van der Waals surface area contributed by atoms with Crippen molar-refractivity contribution in [2.75, 3.05) is 19.6 Å². The highest BCUT2D eigenvalue weighted by molar-refractivity contribution is 5.76. The van der Waals surface area contributed by atoms with Crippen LogP contribution in [-0.2, 0) is 9.53 Å². The van der Waals surface area contributed by atoms with Gasteiger partial charge in [-0.2, -0.15) is 0 Å². The Morgan fingerprint density at radius 1 is 1.25 bits per heavy atom. The van der Waals surface area contributed by atoms with Gasteiger partial charge in [0.2, 0.25) is 5.91 Å². The van der Waals surface area contributed by atoms with Gasteiger partial charge in [-0.25, -0.2) is 4.79 Å². The van der Waals surface area contributed by atoms with Gasteiger partial charge in [0.15, 0.2) is 0 Å². The van der Waals surface area contributed by atoms with Crippen LogP contribution in [0.5, 0.6) is 0 Å². The number of hydrogen-bond donors (Lipinski definition) is 1. The van der Waals surface area contributed by atoms with Crippen LogP contribution in [0.4, 0.5) is 4.79 Å². The lowest BCUT2D eigenvalue weighted by Crippen LogP contribution is -2.36. The predicted molar refractivity (Wildman–Crippen MR) is 78.4 cm³/mol. The van der Waals surface area contributed by atoms with Crippen molar-refractivity contribution in [3.8, 4) is 0 Å². The van der Waals surface area contributed by atoms with E-state index < -0.39 is 5.60 Å². The van der Waals surface area contributed by atoms with Gasteiger partial charge < -0.3 is 15.0 Å². The number of likely N-dealkylation sites (tertiary alicyclic amines) is 1. The number of hydrogen-bond acceptors (Lipinski definition) is 3. The SMILES string of the molecule is CC.CC(C)(C)OC(=O)N1CC2CCC(=O)NCC2C1. The zero-order chi connectivity index (χ0) is 15.3. The second-order valence-corrected chi connectivity index (χ2v) is 6.25. The van der Waals surface area contributed by atoms with Crippen LogP contribution in [-0.4, -0.2) is 42.1 Å². The summed E-state index contributed by atoms with van der Waals surface area (Å²) in [6.07, 6.45) is 1.21. The third kappa shape index (κ3) is 4.69. The predicted octanol–water partition coefficient (Wildman–Crippen LogP) is 2.41. The second kappa shape index (κ2) is 6.95. The quantitative estimate of drug-likeness (QED) is 0.743. The van der Waals surface area contributed by atoms with Crippen LogP contribution in [0.15, 0.2) is 0 Å². The molecule has 5 heteroatoms. The minimum atomic E-state index is -0.448. The van der Waals surface area contributed by atoms with Crippen LogP contribution in [0, 0.1) is 11.8 Å². The number of carbonyl (C=O) groups is 2. The molecule has 1 N–H and O–H groups in total. The van der Waals surface area contributed by atoms with Crippen molar-refractivity contribution >= 4 is 12.0 Å². The molecule has 0 bridgehead atoms. The molecule has 5 nitrogen and oxygen atoms in total. The largest absolute Gasteiger partial charge is 0.444 e. The molecule has 2 saturated heterocycles. The Labute approximate surface area is 122 Å². The first-order valence-electron chi connectivity index (χ1n) is 7.60. The maximum atomic E-state index is 12.0. The van der Waals surface area contributed by atoms with Gasteiger partial charge in [0.05, 0.1) is 0 Å². The molecule has 116 valence electrons. The Morgan fingerprint density at radius 3 is 2.45 bits per heavy atom. The van der Waals surface area contributed by atoms with Gasteiger partial charge in [-0.3, -0.25) is 4.79 Å². The van der Waals surface area contributed by atoms with Crippen molar-refractivity contribution in [3.63, 3.8) is 0 Å². The molecule has 0 aromatic carbocycles. The normalized spacial score (nSPS) is 25.9. The lowest BCUT2D eigenvalue weighted by atomic mass is 9.93. The molecule has 0 aromatic rings. The molecule has 2 amide bonds. The number of amides is 2. The van der Waals surface area contributed by atoms with Crippen LogP contribution in [0.25, 0.3) is 0 Å². The van der Waals surface area contributed by atoms with E-state index in [2.05, 4.69) is 5.32 Å². The van der Waals surface area contributed by atoms with Gasteiger partial charge in [0.25, 0.3) is 0 Å². The van der Waals surface area contributed by atoms with Crippen molar-refractivity contribution < 1.29 is 14.3 Å². The monoisotopic (exact) mass is 284 g/mol. The zero-order valence-electron chi connectivity index (χ0n) is 13.4. The van der Waals surface area contributed by atoms with Crippen LogP contribution in [0.2, 0.25) is 0 Å². The van der Waals surface area contributed by atoms with E-state index in [1.165, 1.54) is 0 Å². The Bertz CT molecular complexity index is 332. The van der Waals surface area contributed by atoms with Gasteiger partial charge in [0.1, 0.15) is 5.60 Å². The van der Waals surface area contributed by atoms with Crippen molar-refractivity contribution in [3.05, 3.63) is 0 Å². The summed E-state index contributed by atoms with van der Waals surface area (Å²) >= 11 is 0. The van der Waals surface area contributed by atoms with E-state index in [4.69, 9.17) is 4.74 Å². The van der Waals surface area contributed by atoms with E-state index >= 15 is 0 Å². The molecule has 2 aliphatic heterocycles. The number of nitrogens with one attached hydrogen (secondary N) is 1. The fraction of sp³-hybridized carbons (Fsp3) is 0.867. The molecule has 2 aliphatic rings. The van der Waals surface area contributed by atoms with Crippen LogP contribution >= 0.6 is 0 Å². The molecule has 2 rings (SSSR count). The molecule has 2 unspecified atom stereocenters. The summed E-state index contributed by atoms with van der Waals surface area (Å²) in [5, 5.41) is 2.91. The number of ether oxygens (including phenoxy) is 1. The van der Waals surface area contributed by atoms with E-state index in [-0.39, 0.29) is 12.0 Å². The summed E-state index contributed by atoms with van der Waals surface area (Å²) < 4.78 is 5.38. The summed E-state index contributed by atoms with van der Waals surface area (Å²) in [6, 6.07) is 0. The first kappa shape index (κ1) is 16.8. The minimum absolute atomic E-state index is 0.133. The van der Waals surface area contributed by atoms with E-state index in [1.54, 1.807) is 4.90 Å². The third-order valence-electron chi connectivity index (χ3n) is 3.53. The Balaban J connectivity index is 0.000000956. The molecule has 2 heterocycles. The van der Waals surface area contributed by atoms with E-state index in [9.17, 15) is 9.59 Å². The molecule has 2 atom stereocenters. The van der Waals surface area contributed by atoms with Crippen LogP contribution in [0.1, 0.15) is 47.5 Å². The van der Waals surface area contributed by atoms with E-state index in [0.29, 0.717) is 37.9 Å². The molecule has 0 saturated carbocycles. The van der Waals surface area contributed by atoms with Gasteiger partial charge >= 0.3 is 6.09 Å². The number of carbonyl (C=O) groups excluding carboxylic acids is 2. The highest BCUT2D eigenvalue weighted by Crippen LogP contribution is 2.29. The third-order valence-corrected chi connectivity index (χ3v) is 3.53. The molecule has 0 radical (unpaired) electrons. The minimum Gasteiger partial charge on any atom is -0.444 e. The first-order chi connectivity index (χ1) is 9.35. The Hall–Kier alpha value is -1.26. The van der Waals surface area contributed by atoms with Crippen molar-refractivity contribution in [2.45, 2.75) is 53.1 Å². The molecule has 0 aromatic heterocycles. The lowest BCUT2D eigenvalue weighted by molar-refractivity contribution is -0.120. The van der Waals surface area contributed by atoms with Crippen LogP contribution < -0.4 is 5.32 Å². The highest BCUT2D eigenvalue weighted by Gasteiger charge is 2.38. The van der Waals surface area contributed by atoms with Crippen molar-refractivity contribution in [1.82, 2.24) is 10.2 Å². The maximum Gasteiger partial charge on any atom is 0.410 e. The summed E-state index contributed by atoms with van der Waals surface area (Å²) in [5.41, 5.74) is -0.448. The molecular weight excluding hydrogens is 256 g/mol. The molecule has 20 heavy (non-hydrogen) atoms. The topological polar surface area (TPSA) is 58.6 Å². The van der Waals surface area contributed by atoms with Crippen LogP contribution in [0.3, 0.4) is 0 Å². The average molecular weight is 284 g/mol. The molecule has 0 spiro atoms. The molecule has 2 fully saturated rings. The van der Waals surface area contributed by atoms with E-state index in [0.717, 1.165) is 6.42 Å². The van der Waals surface area contributed by atoms with Gasteiger partial charge in [-0.15, -0.1) is 0 Å². The van der Waals surface area contributed by atoms with E-state index in [1.807, 2.05) is 34.6 Å². The highest BCUT2D eigenvalue weighted by atomic mass is 16.6. The van der Waals surface area contributed by atoms with Gasteiger partial charge in [-0.1, -0.05) is 13.8 Å². The maximum absolute atomic E-state index is 12.0. The van der Waals surface area contributed by atoms with Gasteiger partial charge in [-0.05, 0) is 39.0 Å². The summed E-state index contributed by atoms with van der Waals surface area (Å²) in [6.45, 7) is 11.7. The smallest absolute Gasteiger partial charge is 0.410 e. The number of nitrogens with zero attached hydrogens (tertiary/aromatic N) is 1. The average Bonchev–Trinajstić information content (AvgIpc) is 2.70. The first-order valence-corrected chi connectivity index (χ1v) is 7.60. The Morgan fingerprint density at radius 2 is 1.85 bits per heavy atom. The standard InChI is InChI=1S/C13H22N2O3.C2H6/c1-13(2,3)18-12(17)15-7-9-4-5-11(16)14-6-10(9)8-15;1-2/h9-10H,4-8H2,1-3H3,(H,14,16);1-2H3. The number of fused-ring (bicyclic) bond motifs is 1. The Kier molecular flexibility index (Phi) is 5.84. The van der Waals surface area contributed by atoms with Crippen molar-refractivity contribution in [2.24, 2.45) is 11.8 Å². The van der Waals surface area contributed by atoms with Crippen molar-refractivity contribution in [1.29, 1.82) is 0 Å². The summed E-state index contributed by atoms with van der Waals surface area (Å²) in [5.74, 6) is 0.939. The fourth-order valence-corrected chi connectivity index (χ4v) is 2.62.